The first-order valence-electron chi connectivity index (χ1n) is 8.27. The van der Waals surface area contributed by atoms with Crippen molar-refractivity contribution in [2.24, 2.45) is 11.7 Å². The molecule has 2 amide bonds. The van der Waals surface area contributed by atoms with Crippen molar-refractivity contribution in [3.63, 3.8) is 0 Å². The number of benzene rings is 1. The van der Waals surface area contributed by atoms with E-state index in [1.165, 1.54) is 0 Å². The Morgan fingerprint density at radius 1 is 1.17 bits per heavy atom. The van der Waals surface area contributed by atoms with Crippen LogP contribution in [0.2, 0.25) is 0 Å². The number of rotatable bonds is 8. The molecule has 0 radical (unpaired) electrons. The number of aryl methyl sites for hydroxylation is 1. The summed E-state index contributed by atoms with van der Waals surface area (Å²) < 4.78 is 5.78. The Morgan fingerprint density at radius 3 is 2.42 bits per heavy atom. The summed E-state index contributed by atoms with van der Waals surface area (Å²) in [5, 5.41) is 5.33. The summed E-state index contributed by atoms with van der Waals surface area (Å²) in [7, 11) is 0. The Balaban J connectivity index is 2.54. The minimum absolute atomic E-state index is 0.0244. The highest BCUT2D eigenvalue weighted by Crippen LogP contribution is 2.21. The molecule has 1 aromatic carbocycles. The van der Waals surface area contributed by atoms with E-state index in [1.54, 1.807) is 0 Å². The lowest BCUT2D eigenvalue weighted by atomic mass is 10.1. The molecule has 134 valence electrons. The van der Waals surface area contributed by atoms with Gasteiger partial charge in [-0.15, -0.1) is 0 Å². The Labute approximate surface area is 144 Å². The predicted molar refractivity (Wildman–Crippen MR) is 94.6 cm³/mol. The largest absolute Gasteiger partial charge is 0.491 e. The minimum atomic E-state index is -0.610. The first-order chi connectivity index (χ1) is 11.2. The van der Waals surface area contributed by atoms with E-state index >= 15 is 0 Å². The van der Waals surface area contributed by atoms with E-state index in [0.29, 0.717) is 6.54 Å². The van der Waals surface area contributed by atoms with Gasteiger partial charge in [0.1, 0.15) is 5.75 Å². The van der Waals surface area contributed by atoms with E-state index in [1.807, 2.05) is 52.8 Å². The van der Waals surface area contributed by atoms with Gasteiger partial charge in [0.15, 0.2) is 0 Å². The summed E-state index contributed by atoms with van der Waals surface area (Å²) in [6.07, 6.45) is 0.0538. The zero-order valence-electron chi connectivity index (χ0n) is 15.2. The van der Waals surface area contributed by atoms with Gasteiger partial charge in [0.2, 0.25) is 11.8 Å². The number of ether oxygens (including phenoxy) is 1. The average molecular weight is 335 g/mol. The minimum Gasteiger partial charge on any atom is -0.491 e. The molecule has 24 heavy (non-hydrogen) atoms. The van der Waals surface area contributed by atoms with Crippen molar-refractivity contribution in [1.82, 2.24) is 10.6 Å². The maximum atomic E-state index is 11.9. The number of hydrogen-bond acceptors (Lipinski definition) is 4. The molecule has 4 N–H and O–H groups in total. The molecule has 0 saturated heterocycles. The van der Waals surface area contributed by atoms with Crippen LogP contribution in [0.1, 0.15) is 38.8 Å². The summed E-state index contributed by atoms with van der Waals surface area (Å²) in [5.74, 6) is 0.196. The highest BCUT2D eigenvalue weighted by atomic mass is 16.5. The van der Waals surface area contributed by atoms with Crippen molar-refractivity contribution in [3.8, 4) is 5.75 Å². The SMILES string of the molecule is Cc1ccc(CNC(=O)CNC(=O)[C@@H](N)C(C)C)c(OC(C)C)c1. The fourth-order valence-corrected chi connectivity index (χ4v) is 2.02. The average Bonchev–Trinajstić information content (AvgIpc) is 2.50. The van der Waals surface area contributed by atoms with Gasteiger partial charge in [-0.25, -0.2) is 0 Å². The number of hydrogen-bond donors (Lipinski definition) is 3. The number of nitrogens with one attached hydrogen (secondary N) is 2. The van der Waals surface area contributed by atoms with Gasteiger partial charge in [-0.3, -0.25) is 9.59 Å². The van der Waals surface area contributed by atoms with Crippen LogP contribution in [0.4, 0.5) is 0 Å². The normalized spacial score (nSPS) is 12.2. The van der Waals surface area contributed by atoms with E-state index in [4.69, 9.17) is 10.5 Å². The third-order valence-corrected chi connectivity index (χ3v) is 3.51. The third-order valence-electron chi connectivity index (χ3n) is 3.51. The Kier molecular flexibility index (Phi) is 7.71. The van der Waals surface area contributed by atoms with E-state index in [9.17, 15) is 9.59 Å². The van der Waals surface area contributed by atoms with Crippen molar-refractivity contribution >= 4 is 11.8 Å². The molecule has 0 unspecified atom stereocenters. The summed E-state index contributed by atoms with van der Waals surface area (Å²) in [4.78, 5) is 23.6. The van der Waals surface area contributed by atoms with Crippen molar-refractivity contribution in [2.45, 2.75) is 53.3 Å². The molecule has 0 aliphatic heterocycles. The lowest BCUT2D eigenvalue weighted by Gasteiger charge is -2.16. The number of amides is 2. The molecule has 0 spiro atoms. The lowest BCUT2D eigenvalue weighted by molar-refractivity contribution is -0.127. The fourth-order valence-electron chi connectivity index (χ4n) is 2.02. The summed E-state index contributed by atoms with van der Waals surface area (Å²) in [5.41, 5.74) is 7.72. The summed E-state index contributed by atoms with van der Waals surface area (Å²) in [6.45, 7) is 9.87. The van der Waals surface area contributed by atoms with Crippen LogP contribution in [0.15, 0.2) is 18.2 Å². The van der Waals surface area contributed by atoms with Crippen molar-refractivity contribution in [2.75, 3.05) is 6.54 Å². The first-order valence-corrected chi connectivity index (χ1v) is 8.27. The van der Waals surface area contributed by atoms with E-state index < -0.39 is 6.04 Å². The summed E-state index contributed by atoms with van der Waals surface area (Å²) in [6, 6.07) is 5.24. The van der Waals surface area contributed by atoms with Crippen molar-refractivity contribution in [1.29, 1.82) is 0 Å². The quantitative estimate of drug-likeness (QED) is 0.671. The number of carbonyl (C=O) groups is 2. The Bertz CT molecular complexity index is 571. The lowest BCUT2D eigenvalue weighted by Crippen LogP contribution is -2.47. The molecule has 0 aliphatic rings. The smallest absolute Gasteiger partial charge is 0.239 e. The van der Waals surface area contributed by atoms with Gasteiger partial charge in [0, 0.05) is 12.1 Å². The molecule has 6 nitrogen and oxygen atoms in total. The maximum absolute atomic E-state index is 11.9. The molecule has 0 saturated carbocycles. The van der Waals surface area contributed by atoms with Crippen LogP contribution in [-0.2, 0) is 16.1 Å². The van der Waals surface area contributed by atoms with Gasteiger partial charge < -0.3 is 21.1 Å². The van der Waals surface area contributed by atoms with Crippen LogP contribution < -0.4 is 21.1 Å². The zero-order chi connectivity index (χ0) is 18.3. The monoisotopic (exact) mass is 335 g/mol. The van der Waals surface area contributed by atoms with Gasteiger partial charge in [0.05, 0.1) is 18.7 Å². The van der Waals surface area contributed by atoms with Gasteiger partial charge in [-0.1, -0.05) is 26.0 Å². The highest BCUT2D eigenvalue weighted by molar-refractivity contribution is 5.87. The van der Waals surface area contributed by atoms with E-state index in [2.05, 4.69) is 10.6 Å². The third kappa shape index (κ3) is 6.58. The number of nitrogens with two attached hydrogens (primary N) is 1. The first kappa shape index (κ1) is 20.0. The second-order valence-electron chi connectivity index (χ2n) is 6.54. The maximum Gasteiger partial charge on any atom is 0.239 e. The van der Waals surface area contributed by atoms with Crippen LogP contribution >= 0.6 is 0 Å². The van der Waals surface area contributed by atoms with Crippen LogP contribution in [0.5, 0.6) is 5.75 Å². The molecule has 0 heterocycles. The van der Waals surface area contributed by atoms with E-state index in [0.717, 1.165) is 16.9 Å². The van der Waals surface area contributed by atoms with E-state index in [-0.39, 0.29) is 30.4 Å². The van der Waals surface area contributed by atoms with Crippen LogP contribution in [0.25, 0.3) is 0 Å². The molecule has 0 bridgehead atoms. The summed E-state index contributed by atoms with van der Waals surface area (Å²) >= 11 is 0. The molecule has 0 aromatic heterocycles. The van der Waals surface area contributed by atoms with Crippen molar-refractivity contribution in [3.05, 3.63) is 29.3 Å². The molecule has 0 aliphatic carbocycles. The molecule has 1 atom stereocenters. The standard InChI is InChI=1S/C18H29N3O3/c1-11(2)17(19)18(23)21-10-16(22)20-9-14-7-6-13(5)8-15(14)24-12(3)4/h6-8,11-12,17H,9-10,19H2,1-5H3,(H,20,22)(H,21,23)/t17-/m0/s1. The predicted octanol–water partition coefficient (Wildman–Crippen LogP) is 1.50. The van der Waals surface area contributed by atoms with Crippen LogP contribution in [0, 0.1) is 12.8 Å². The zero-order valence-corrected chi connectivity index (χ0v) is 15.2. The fraction of sp³-hybridized carbons (Fsp3) is 0.556. The topological polar surface area (TPSA) is 93.5 Å². The second-order valence-corrected chi connectivity index (χ2v) is 6.54. The Hall–Kier alpha value is -2.08. The van der Waals surface area contributed by atoms with Gasteiger partial charge in [-0.2, -0.15) is 0 Å². The molecule has 6 heteroatoms. The molecule has 1 rings (SSSR count). The van der Waals surface area contributed by atoms with Crippen molar-refractivity contribution < 1.29 is 14.3 Å². The molecular formula is C18H29N3O3. The molecule has 1 aromatic rings. The molecular weight excluding hydrogens is 306 g/mol. The van der Waals surface area contributed by atoms with Crippen LogP contribution in [-0.4, -0.2) is 30.5 Å². The number of carbonyl (C=O) groups excluding carboxylic acids is 2. The van der Waals surface area contributed by atoms with Gasteiger partial charge in [-0.05, 0) is 38.3 Å². The highest BCUT2D eigenvalue weighted by Gasteiger charge is 2.17. The second kappa shape index (κ2) is 9.27. The van der Waals surface area contributed by atoms with Gasteiger partial charge in [0.25, 0.3) is 0 Å². The Morgan fingerprint density at radius 2 is 1.83 bits per heavy atom. The molecule has 0 fully saturated rings. The van der Waals surface area contributed by atoms with Crippen LogP contribution in [0.3, 0.4) is 0 Å². The van der Waals surface area contributed by atoms with Gasteiger partial charge >= 0.3 is 0 Å².